The van der Waals surface area contributed by atoms with Crippen LogP contribution in [0.5, 0.6) is 0 Å². The summed E-state index contributed by atoms with van der Waals surface area (Å²) in [7, 11) is 1.38. The summed E-state index contributed by atoms with van der Waals surface area (Å²) >= 11 is 0. The lowest BCUT2D eigenvalue weighted by atomic mass is 10.2. The number of rotatable bonds is 4. The molecule has 3 aromatic rings. The molecule has 1 N–H and O–H groups in total. The van der Waals surface area contributed by atoms with Gasteiger partial charge in [-0.2, -0.15) is 0 Å². The Hall–Kier alpha value is -3.36. The molecule has 0 aliphatic heterocycles. The molecule has 27 heavy (non-hydrogen) atoms. The number of likely N-dealkylation sites (N-methyl/N-ethyl adjacent to an activating group) is 1. The predicted molar refractivity (Wildman–Crippen MR) is 91.8 cm³/mol. The molecular weight excluding hydrogens is 361 g/mol. The Morgan fingerprint density at radius 2 is 1.89 bits per heavy atom. The van der Waals surface area contributed by atoms with E-state index >= 15 is 0 Å². The van der Waals surface area contributed by atoms with Crippen molar-refractivity contribution in [3.05, 3.63) is 65.4 Å². The van der Waals surface area contributed by atoms with E-state index in [0.717, 1.165) is 16.7 Å². The van der Waals surface area contributed by atoms with E-state index in [2.05, 4.69) is 10.3 Å². The first kappa shape index (κ1) is 18.4. The van der Waals surface area contributed by atoms with Crippen LogP contribution in [0.25, 0.3) is 5.65 Å². The number of hydrogen-bond donors (Lipinski definition) is 1. The highest BCUT2D eigenvalue weighted by atomic mass is 19.2. The number of halogens is 3. The summed E-state index contributed by atoms with van der Waals surface area (Å²) in [5, 5.41) is 2.11. The molecular formula is C18H15F3N4O2. The minimum absolute atomic E-state index is 0.138. The first-order valence-electron chi connectivity index (χ1n) is 7.91. The first-order valence-corrected chi connectivity index (χ1v) is 7.91. The fraction of sp³-hybridized carbons (Fsp3) is 0.167. The Morgan fingerprint density at radius 1 is 1.15 bits per heavy atom. The third-order valence-electron chi connectivity index (χ3n) is 3.95. The number of nitrogens with zero attached hydrogens (tertiary/aromatic N) is 3. The van der Waals surface area contributed by atoms with E-state index in [4.69, 9.17) is 0 Å². The van der Waals surface area contributed by atoms with E-state index in [9.17, 15) is 22.8 Å². The van der Waals surface area contributed by atoms with Gasteiger partial charge in [0.25, 0.3) is 5.91 Å². The molecule has 2 aromatic heterocycles. The Balaban J connectivity index is 1.71. The van der Waals surface area contributed by atoms with Crippen molar-refractivity contribution in [2.24, 2.45) is 0 Å². The highest BCUT2D eigenvalue weighted by Gasteiger charge is 2.20. The van der Waals surface area contributed by atoms with Crippen molar-refractivity contribution in [1.29, 1.82) is 0 Å². The highest BCUT2D eigenvalue weighted by molar-refractivity contribution is 5.98. The Kier molecular flexibility index (Phi) is 4.85. The molecule has 0 atom stereocenters. The zero-order chi connectivity index (χ0) is 19.7. The van der Waals surface area contributed by atoms with Crippen molar-refractivity contribution in [3.8, 4) is 0 Å². The van der Waals surface area contributed by atoms with Crippen LogP contribution in [-0.2, 0) is 4.79 Å². The van der Waals surface area contributed by atoms with Crippen LogP contribution in [0.3, 0.4) is 0 Å². The smallest absolute Gasteiger partial charge is 0.274 e. The maximum absolute atomic E-state index is 13.6. The molecule has 0 aliphatic carbocycles. The second-order valence-electron chi connectivity index (χ2n) is 5.95. The van der Waals surface area contributed by atoms with Crippen molar-refractivity contribution in [2.45, 2.75) is 6.92 Å². The van der Waals surface area contributed by atoms with Gasteiger partial charge in [0.15, 0.2) is 17.5 Å². The number of amides is 2. The number of nitrogens with one attached hydrogen (secondary N) is 1. The third kappa shape index (κ3) is 3.62. The van der Waals surface area contributed by atoms with Crippen LogP contribution < -0.4 is 5.32 Å². The third-order valence-corrected chi connectivity index (χ3v) is 3.95. The van der Waals surface area contributed by atoms with Crippen LogP contribution in [0.4, 0.5) is 18.9 Å². The van der Waals surface area contributed by atoms with Crippen LogP contribution in [0, 0.1) is 24.4 Å². The monoisotopic (exact) mass is 376 g/mol. The molecule has 0 unspecified atom stereocenters. The second kappa shape index (κ2) is 7.10. The van der Waals surface area contributed by atoms with Gasteiger partial charge in [0.05, 0.1) is 12.2 Å². The standard InChI is InChI=1S/C18H15F3N4O2/c1-10-4-3-5-14-22-13(8-25(10)14)18(27)24(2)9-15(26)23-12-7-6-11(19)16(20)17(12)21/h3-8H,9H2,1-2H3,(H,23,26). The van der Waals surface area contributed by atoms with Gasteiger partial charge in [-0.1, -0.05) is 6.07 Å². The van der Waals surface area contributed by atoms with Crippen molar-refractivity contribution < 1.29 is 22.8 Å². The quantitative estimate of drug-likeness (QED) is 0.712. The van der Waals surface area contributed by atoms with Crippen LogP contribution in [-0.4, -0.2) is 39.7 Å². The molecule has 2 heterocycles. The Labute approximate surface area is 152 Å². The number of imidazole rings is 1. The molecule has 9 heteroatoms. The van der Waals surface area contributed by atoms with Crippen LogP contribution in [0.1, 0.15) is 16.2 Å². The minimum Gasteiger partial charge on any atom is -0.331 e. The van der Waals surface area contributed by atoms with Gasteiger partial charge in [-0.05, 0) is 31.2 Å². The average molecular weight is 376 g/mol. The molecule has 2 amide bonds. The molecule has 6 nitrogen and oxygen atoms in total. The lowest BCUT2D eigenvalue weighted by molar-refractivity contribution is -0.116. The molecule has 0 bridgehead atoms. The summed E-state index contributed by atoms with van der Waals surface area (Å²) in [6.45, 7) is 1.43. The molecule has 0 saturated carbocycles. The van der Waals surface area contributed by atoms with Crippen molar-refractivity contribution in [2.75, 3.05) is 18.9 Å². The topological polar surface area (TPSA) is 66.7 Å². The SMILES string of the molecule is Cc1cccc2nc(C(=O)N(C)CC(=O)Nc3ccc(F)c(F)c3F)cn12. The maximum Gasteiger partial charge on any atom is 0.274 e. The van der Waals surface area contributed by atoms with Gasteiger partial charge < -0.3 is 14.6 Å². The van der Waals surface area contributed by atoms with E-state index in [1.807, 2.05) is 13.0 Å². The average Bonchev–Trinajstić information content (AvgIpc) is 3.07. The maximum atomic E-state index is 13.6. The van der Waals surface area contributed by atoms with Crippen molar-refractivity contribution in [3.63, 3.8) is 0 Å². The van der Waals surface area contributed by atoms with Gasteiger partial charge in [-0.15, -0.1) is 0 Å². The van der Waals surface area contributed by atoms with Crippen LogP contribution >= 0.6 is 0 Å². The van der Waals surface area contributed by atoms with Gasteiger partial charge in [0.2, 0.25) is 5.91 Å². The molecule has 0 saturated heterocycles. The van der Waals surface area contributed by atoms with Crippen molar-refractivity contribution >= 4 is 23.1 Å². The number of aryl methyl sites for hydroxylation is 1. The number of pyridine rings is 1. The molecule has 0 radical (unpaired) electrons. The van der Waals surface area contributed by atoms with Gasteiger partial charge in [0, 0.05) is 18.9 Å². The minimum atomic E-state index is -1.68. The molecule has 0 aliphatic rings. The summed E-state index contributed by atoms with van der Waals surface area (Å²) in [6.07, 6.45) is 1.55. The van der Waals surface area contributed by atoms with E-state index in [0.29, 0.717) is 11.7 Å². The highest BCUT2D eigenvalue weighted by Crippen LogP contribution is 2.19. The van der Waals surface area contributed by atoms with E-state index in [1.165, 1.54) is 7.05 Å². The molecule has 140 valence electrons. The second-order valence-corrected chi connectivity index (χ2v) is 5.95. The fourth-order valence-electron chi connectivity index (χ4n) is 2.55. The lowest BCUT2D eigenvalue weighted by Gasteiger charge is -2.15. The summed E-state index contributed by atoms with van der Waals surface area (Å²) in [5.41, 5.74) is 1.09. The summed E-state index contributed by atoms with van der Waals surface area (Å²) in [6, 6.07) is 7.00. The number of carbonyl (C=O) groups is 2. The molecule has 1 aromatic carbocycles. The van der Waals surface area contributed by atoms with Crippen LogP contribution in [0.2, 0.25) is 0 Å². The largest absolute Gasteiger partial charge is 0.331 e. The Bertz CT molecular complexity index is 1050. The first-order chi connectivity index (χ1) is 12.8. The predicted octanol–water partition coefficient (Wildman–Crippen LogP) is 2.77. The van der Waals surface area contributed by atoms with Gasteiger partial charge in [-0.3, -0.25) is 9.59 Å². The summed E-state index contributed by atoms with van der Waals surface area (Å²) < 4.78 is 41.5. The number of anilines is 1. The number of carbonyl (C=O) groups excluding carboxylic acids is 2. The van der Waals surface area contributed by atoms with E-state index < -0.39 is 41.5 Å². The van der Waals surface area contributed by atoms with Gasteiger partial charge >= 0.3 is 0 Å². The molecule has 3 rings (SSSR count). The van der Waals surface area contributed by atoms with Crippen molar-refractivity contribution in [1.82, 2.24) is 14.3 Å². The van der Waals surface area contributed by atoms with E-state index in [-0.39, 0.29) is 5.69 Å². The normalized spacial score (nSPS) is 10.9. The number of benzene rings is 1. The Morgan fingerprint density at radius 3 is 2.59 bits per heavy atom. The zero-order valence-corrected chi connectivity index (χ0v) is 14.5. The molecule has 0 fully saturated rings. The van der Waals surface area contributed by atoms with E-state index in [1.54, 1.807) is 22.7 Å². The number of fused-ring (bicyclic) bond motifs is 1. The van der Waals surface area contributed by atoms with Gasteiger partial charge in [0.1, 0.15) is 11.3 Å². The lowest BCUT2D eigenvalue weighted by Crippen LogP contribution is -2.35. The zero-order valence-electron chi connectivity index (χ0n) is 14.5. The van der Waals surface area contributed by atoms with Crippen LogP contribution in [0.15, 0.2) is 36.5 Å². The van der Waals surface area contributed by atoms with Gasteiger partial charge in [-0.25, -0.2) is 18.2 Å². The fourth-order valence-corrected chi connectivity index (χ4v) is 2.55. The molecule has 0 spiro atoms. The number of aromatic nitrogens is 2. The summed E-state index contributed by atoms with van der Waals surface area (Å²) in [5.74, 6) is -5.83. The number of hydrogen-bond acceptors (Lipinski definition) is 3. The summed E-state index contributed by atoms with van der Waals surface area (Å²) in [4.78, 5) is 29.8.